The molecule has 0 radical (unpaired) electrons. The zero-order chi connectivity index (χ0) is 8.41. The summed E-state index contributed by atoms with van der Waals surface area (Å²) in [5.74, 6) is 0.0741. The predicted molar refractivity (Wildman–Crippen MR) is 41.8 cm³/mol. The minimum Gasteiger partial charge on any atom is -0.361 e. The largest absolute Gasteiger partial charge is 0.361 e. The number of methoxy groups -OCH3 is 2. The number of isocyanates is 1. The van der Waals surface area contributed by atoms with E-state index in [4.69, 9.17) is 14.3 Å². The van der Waals surface area contributed by atoms with E-state index in [1.807, 2.05) is 0 Å². The molecule has 0 saturated heterocycles. The molecule has 10 heavy (non-hydrogen) atoms. The zero-order valence-corrected chi connectivity index (χ0v) is 8.75. The zero-order valence-electron chi connectivity index (χ0n) is 6.75. The second-order valence-electron chi connectivity index (χ2n) is 1.35. The van der Waals surface area contributed by atoms with Crippen LogP contribution < -0.4 is 0 Å². The van der Waals surface area contributed by atoms with Crippen molar-refractivity contribution < 1.29 is 14.3 Å². The van der Waals surface area contributed by atoms with Crippen LogP contribution in [0.2, 0.25) is 0 Å². The van der Waals surface area contributed by atoms with Gasteiger partial charge in [-0.1, -0.05) is 0 Å². The van der Waals surface area contributed by atoms with Gasteiger partial charge in [-0.05, 0) is 0 Å². The molecular weight excluding hydrogens is 150 g/mol. The molecule has 0 saturated carbocycles. The lowest BCUT2D eigenvalue weighted by atomic mass is 11.3. The van der Waals surface area contributed by atoms with Crippen molar-refractivity contribution in [2.75, 3.05) is 21.3 Å². The maximum Gasteiger partial charge on any atom is 0.234 e. The Balaban J connectivity index is 0. The summed E-state index contributed by atoms with van der Waals surface area (Å²) in [4.78, 5) is 11.8. The van der Waals surface area contributed by atoms with Gasteiger partial charge in [0.15, 0.2) is 0 Å². The van der Waals surface area contributed by atoms with Gasteiger partial charge in [0.1, 0.15) is 5.91 Å². The van der Waals surface area contributed by atoms with E-state index in [0.29, 0.717) is 0 Å². The molecule has 0 aromatic rings. The highest BCUT2D eigenvalue weighted by atomic mass is 28.1. The Bertz CT molecular complexity index is 99.1. The molecule has 0 fully saturated rings. The van der Waals surface area contributed by atoms with Crippen LogP contribution in [-0.4, -0.2) is 43.5 Å². The van der Waals surface area contributed by atoms with Crippen molar-refractivity contribution in [2.24, 2.45) is 4.99 Å². The normalized spacial score (nSPS) is 8.00. The fraction of sp³-hybridized carbons (Fsp3) is 0.800. The quantitative estimate of drug-likeness (QED) is 0.224. The van der Waals surface area contributed by atoms with Gasteiger partial charge in [-0.15, -0.1) is 0 Å². The number of rotatable bonds is 2. The van der Waals surface area contributed by atoms with E-state index >= 15 is 0 Å². The van der Waals surface area contributed by atoms with Crippen molar-refractivity contribution in [3.8, 4) is 0 Å². The second-order valence-corrected chi connectivity index (χ2v) is 2.30. The number of nitrogens with zero attached hydrogens (tertiary/aromatic N) is 1. The van der Waals surface area contributed by atoms with Crippen LogP contribution in [0.15, 0.2) is 4.99 Å². The minimum absolute atomic E-state index is 0.0741. The van der Waals surface area contributed by atoms with Crippen molar-refractivity contribution >= 4 is 16.3 Å². The standard InChI is InChI=1S/C3H10O2Si.C2H3NO/c1-4-3(6)5-2;1-3-2-4/h3H,1-2,6H3;1H3. The summed E-state index contributed by atoms with van der Waals surface area (Å²) in [6.45, 7) is 0. The lowest BCUT2D eigenvalue weighted by Gasteiger charge is -2.03. The van der Waals surface area contributed by atoms with E-state index in [-0.39, 0.29) is 5.91 Å². The van der Waals surface area contributed by atoms with Crippen LogP contribution in [0.25, 0.3) is 0 Å². The van der Waals surface area contributed by atoms with Gasteiger partial charge >= 0.3 is 0 Å². The summed E-state index contributed by atoms with van der Waals surface area (Å²) in [5, 5.41) is 0. The number of aliphatic imine (C=N–C) groups is 1. The summed E-state index contributed by atoms with van der Waals surface area (Å²) < 4.78 is 9.48. The van der Waals surface area contributed by atoms with Crippen molar-refractivity contribution in [3.63, 3.8) is 0 Å². The van der Waals surface area contributed by atoms with Crippen LogP contribution in [-0.2, 0) is 14.3 Å². The number of ether oxygens (including phenoxy) is 2. The van der Waals surface area contributed by atoms with E-state index in [1.54, 1.807) is 14.2 Å². The Kier molecular flexibility index (Phi) is 13.8. The topological polar surface area (TPSA) is 47.9 Å². The molecule has 0 heterocycles. The third kappa shape index (κ3) is 15.6. The summed E-state index contributed by atoms with van der Waals surface area (Å²) in [5.41, 5.74) is 0. The second kappa shape index (κ2) is 11.3. The SMILES string of the molecule is CN=C=O.COC([SiH3])OC. The van der Waals surface area contributed by atoms with Crippen molar-refractivity contribution in [1.82, 2.24) is 0 Å². The van der Waals surface area contributed by atoms with Crippen LogP contribution in [0.5, 0.6) is 0 Å². The van der Waals surface area contributed by atoms with Crippen molar-refractivity contribution in [2.45, 2.75) is 5.91 Å². The highest BCUT2D eigenvalue weighted by Gasteiger charge is 1.87. The predicted octanol–water partition coefficient (Wildman–Crippen LogP) is -1.12. The van der Waals surface area contributed by atoms with Crippen LogP contribution in [0.1, 0.15) is 0 Å². The third-order valence-electron chi connectivity index (χ3n) is 0.755. The first-order chi connectivity index (χ1) is 4.72. The van der Waals surface area contributed by atoms with Gasteiger partial charge in [-0.3, -0.25) is 0 Å². The van der Waals surface area contributed by atoms with Crippen LogP contribution >= 0.6 is 0 Å². The molecule has 0 unspecified atom stereocenters. The van der Waals surface area contributed by atoms with Gasteiger partial charge in [0.2, 0.25) is 6.08 Å². The van der Waals surface area contributed by atoms with Crippen LogP contribution in [0.3, 0.4) is 0 Å². The minimum atomic E-state index is 0.0741. The Morgan fingerprint density at radius 2 is 1.80 bits per heavy atom. The number of hydrogen-bond donors (Lipinski definition) is 0. The molecule has 0 aromatic carbocycles. The smallest absolute Gasteiger partial charge is 0.234 e. The number of carbonyl (C=O) groups excluding carboxylic acids is 1. The van der Waals surface area contributed by atoms with E-state index < -0.39 is 0 Å². The molecule has 0 aliphatic heterocycles. The molecule has 0 spiro atoms. The van der Waals surface area contributed by atoms with Gasteiger partial charge in [-0.2, -0.15) is 0 Å². The maximum atomic E-state index is 8.88. The summed E-state index contributed by atoms with van der Waals surface area (Å²) in [7, 11) is 5.61. The molecule has 5 heteroatoms. The molecule has 0 amide bonds. The highest BCUT2D eigenvalue weighted by Crippen LogP contribution is 1.77. The lowest BCUT2D eigenvalue weighted by molar-refractivity contribution is -0.0411. The first-order valence-corrected chi connectivity index (χ1v) is 3.89. The van der Waals surface area contributed by atoms with Crippen LogP contribution in [0, 0.1) is 0 Å². The summed E-state index contributed by atoms with van der Waals surface area (Å²) >= 11 is 0. The molecule has 0 aliphatic carbocycles. The third-order valence-corrected chi connectivity index (χ3v) is 1.70. The van der Waals surface area contributed by atoms with Gasteiger partial charge in [0.25, 0.3) is 0 Å². The van der Waals surface area contributed by atoms with E-state index in [9.17, 15) is 0 Å². The molecule has 4 nitrogen and oxygen atoms in total. The van der Waals surface area contributed by atoms with Crippen LogP contribution in [0.4, 0.5) is 0 Å². The Hall–Kier alpha value is -0.483. The van der Waals surface area contributed by atoms with Crippen molar-refractivity contribution in [3.05, 3.63) is 0 Å². The van der Waals surface area contributed by atoms with E-state index in [1.165, 1.54) is 13.1 Å². The summed E-state index contributed by atoms with van der Waals surface area (Å²) in [6.07, 6.45) is 1.31. The highest BCUT2D eigenvalue weighted by molar-refractivity contribution is 6.09. The maximum absolute atomic E-state index is 8.88. The Labute approximate surface area is 63.7 Å². The van der Waals surface area contributed by atoms with E-state index in [0.717, 1.165) is 10.2 Å². The number of hydrogen-bond acceptors (Lipinski definition) is 4. The van der Waals surface area contributed by atoms with Gasteiger partial charge in [0.05, 0.1) is 10.2 Å². The van der Waals surface area contributed by atoms with Gasteiger partial charge < -0.3 is 9.47 Å². The Morgan fingerprint density at radius 3 is 1.80 bits per heavy atom. The first kappa shape index (κ1) is 12.2. The van der Waals surface area contributed by atoms with Crippen molar-refractivity contribution in [1.29, 1.82) is 0 Å². The van der Waals surface area contributed by atoms with E-state index in [2.05, 4.69) is 4.99 Å². The molecular formula is C5H13NO3Si. The molecule has 0 N–H and O–H groups in total. The molecule has 0 atom stereocenters. The van der Waals surface area contributed by atoms with Gasteiger partial charge in [-0.25, -0.2) is 9.79 Å². The average Bonchev–Trinajstić information content (AvgIpc) is 2.03. The van der Waals surface area contributed by atoms with Gasteiger partial charge in [0, 0.05) is 21.3 Å². The fourth-order valence-corrected chi connectivity index (χ4v) is 0.0962. The monoisotopic (exact) mass is 163 g/mol. The molecule has 0 rings (SSSR count). The Morgan fingerprint density at radius 1 is 1.50 bits per heavy atom. The molecule has 0 aliphatic rings. The molecule has 0 aromatic heterocycles. The lowest BCUT2D eigenvalue weighted by Crippen LogP contribution is -2.11. The molecule has 0 bridgehead atoms. The molecule has 60 valence electrons. The first-order valence-electron chi connectivity index (χ1n) is 2.74. The summed E-state index contributed by atoms with van der Waals surface area (Å²) in [6, 6.07) is 0. The average molecular weight is 163 g/mol. The fourth-order valence-electron chi connectivity index (χ4n) is 0.0962.